The number of benzene rings is 1. The highest BCUT2D eigenvalue weighted by Crippen LogP contribution is 2.27. The lowest BCUT2D eigenvalue weighted by Gasteiger charge is -2.36. The van der Waals surface area contributed by atoms with Crippen molar-refractivity contribution < 1.29 is 14.6 Å². The van der Waals surface area contributed by atoms with Crippen LogP contribution in [-0.2, 0) is 4.74 Å². The van der Waals surface area contributed by atoms with Crippen molar-refractivity contribution in [3.63, 3.8) is 0 Å². The Hall–Kier alpha value is -2.13. The van der Waals surface area contributed by atoms with Gasteiger partial charge in [-0.15, -0.1) is 11.3 Å². The maximum Gasteiger partial charge on any atom is 0.191 e. The van der Waals surface area contributed by atoms with Gasteiger partial charge >= 0.3 is 0 Å². The van der Waals surface area contributed by atoms with Gasteiger partial charge in [0.2, 0.25) is 0 Å². The van der Waals surface area contributed by atoms with Gasteiger partial charge in [0, 0.05) is 31.1 Å². The largest absolute Gasteiger partial charge is 0.497 e. The van der Waals surface area contributed by atoms with Crippen molar-refractivity contribution in [3.8, 4) is 5.75 Å². The number of nitrogens with one attached hydrogen (secondary N) is 2. The Balaban J connectivity index is 1.66. The minimum absolute atomic E-state index is 0.213. The molecular weight excluding hydrogens is 412 g/mol. The second-order valence-electron chi connectivity index (χ2n) is 7.60. The molecule has 3 rings (SSSR count). The quantitative estimate of drug-likeness (QED) is 0.406. The average Bonchev–Trinajstić information content (AvgIpc) is 3.32. The minimum Gasteiger partial charge on any atom is -0.497 e. The fourth-order valence-corrected chi connectivity index (χ4v) is 4.53. The molecule has 3 unspecified atom stereocenters. The summed E-state index contributed by atoms with van der Waals surface area (Å²) in [5, 5.41) is 19.3. The third-order valence-corrected chi connectivity index (χ3v) is 6.27. The second kappa shape index (κ2) is 12.0. The first-order valence-corrected chi connectivity index (χ1v) is 11.7. The summed E-state index contributed by atoms with van der Waals surface area (Å²) in [4.78, 5) is 8.62. The smallest absolute Gasteiger partial charge is 0.191 e. The maximum absolute atomic E-state index is 10.6. The molecule has 1 aliphatic rings. The van der Waals surface area contributed by atoms with Crippen molar-refractivity contribution >= 4 is 17.3 Å². The van der Waals surface area contributed by atoms with Crippen LogP contribution in [0.3, 0.4) is 0 Å². The van der Waals surface area contributed by atoms with E-state index in [-0.39, 0.29) is 12.1 Å². The van der Waals surface area contributed by atoms with Crippen LogP contribution in [0, 0.1) is 0 Å². The Labute approximate surface area is 189 Å². The zero-order chi connectivity index (χ0) is 22.1. The number of methoxy groups -OCH3 is 1. The molecule has 2 aromatic rings. The lowest BCUT2D eigenvalue weighted by Crippen LogP contribution is -2.44. The number of guanidine groups is 1. The molecule has 1 aliphatic heterocycles. The molecule has 0 amide bonds. The molecule has 8 heteroatoms. The summed E-state index contributed by atoms with van der Waals surface area (Å²) in [5.74, 6) is 1.43. The van der Waals surface area contributed by atoms with E-state index in [1.807, 2.05) is 31.2 Å². The van der Waals surface area contributed by atoms with Crippen molar-refractivity contribution in [2.24, 2.45) is 4.99 Å². The molecule has 3 atom stereocenters. The van der Waals surface area contributed by atoms with Crippen molar-refractivity contribution in [3.05, 3.63) is 52.2 Å². The Kier molecular flexibility index (Phi) is 9.14. The maximum atomic E-state index is 10.6. The van der Waals surface area contributed by atoms with Crippen LogP contribution >= 0.6 is 11.3 Å². The number of morpholine rings is 1. The van der Waals surface area contributed by atoms with E-state index in [1.54, 1.807) is 18.4 Å². The summed E-state index contributed by atoms with van der Waals surface area (Å²) in [6.07, 6.45) is -0.434. The van der Waals surface area contributed by atoms with Crippen molar-refractivity contribution in [2.75, 3.05) is 46.4 Å². The van der Waals surface area contributed by atoms with E-state index in [0.717, 1.165) is 37.6 Å². The van der Waals surface area contributed by atoms with Crippen LogP contribution in [0.1, 0.15) is 36.4 Å². The molecule has 1 fully saturated rings. The zero-order valence-corrected chi connectivity index (χ0v) is 19.4. The number of hydrogen-bond donors (Lipinski definition) is 3. The highest BCUT2D eigenvalue weighted by atomic mass is 32.1. The summed E-state index contributed by atoms with van der Waals surface area (Å²) < 4.78 is 11.0. The normalized spacial score (nSPS) is 19.6. The average molecular weight is 447 g/mol. The van der Waals surface area contributed by atoms with Crippen LogP contribution in [0.4, 0.5) is 0 Å². The summed E-state index contributed by atoms with van der Waals surface area (Å²) >= 11 is 1.77. The van der Waals surface area contributed by atoms with Gasteiger partial charge in [-0.25, -0.2) is 0 Å². The number of thiophene rings is 1. The second-order valence-corrected chi connectivity index (χ2v) is 8.58. The molecule has 2 heterocycles. The van der Waals surface area contributed by atoms with Gasteiger partial charge in [0.25, 0.3) is 0 Å². The van der Waals surface area contributed by atoms with Crippen molar-refractivity contribution in [1.82, 2.24) is 15.5 Å². The van der Waals surface area contributed by atoms with Gasteiger partial charge in [0.05, 0.1) is 38.5 Å². The molecule has 1 aromatic heterocycles. The first kappa shape index (κ1) is 23.5. The Bertz CT molecular complexity index is 815. The topological polar surface area (TPSA) is 78.4 Å². The number of aliphatic hydroxyl groups is 1. The summed E-state index contributed by atoms with van der Waals surface area (Å²) in [5.41, 5.74) is 0.807. The SMILES string of the molecule is CCNC(=NCC(c1cccs1)N1CCOC(C)C1)NCC(O)c1cccc(OC)c1. The number of ether oxygens (including phenoxy) is 2. The molecular formula is C23H34N4O3S. The summed E-state index contributed by atoms with van der Waals surface area (Å²) in [6.45, 7) is 8.45. The van der Waals surface area contributed by atoms with E-state index < -0.39 is 6.10 Å². The lowest BCUT2D eigenvalue weighted by molar-refractivity contribution is -0.0327. The van der Waals surface area contributed by atoms with E-state index >= 15 is 0 Å². The van der Waals surface area contributed by atoms with Crippen molar-refractivity contribution in [1.29, 1.82) is 0 Å². The molecule has 170 valence electrons. The van der Waals surface area contributed by atoms with E-state index in [0.29, 0.717) is 19.0 Å². The summed E-state index contributed by atoms with van der Waals surface area (Å²) in [7, 11) is 1.62. The van der Waals surface area contributed by atoms with E-state index in [4.69, 9.17) is 14.5 Å². The molecule has 1 aromatic carbocycles. The fraction of sp³-hybridized carbons (Fsp3) is 0.522. The number of hydrogen-bond acceptors (Lipinski definition) is 6. The van der Waals surface area contributed by atoms with Gasteiger partial charge in [0.1, 0.15) is 5.75 Å². The number of aliphatic imine (C=N–C) groups is 1. The van der Waals surface area contributed by atoms with Gasteiger partial charge in [0.15, 0.2) is 5.96 Å². The van der Waals surface area contributed by atoms with Crippen LogP contribution < -0.4 is 15.4 Å². The molecule has 3 N–H and O–H groups in total. The Morgan fingerprint density at radius 2 is 2.23 bits per heavy atom. The predicted octanol–water partition coefficient (Wildman–Crippen LogP) is 2.81. The van der Waals surface area contributed by atoms with Gasteiger partial charge in [-0.3, -0.25) is 9.89 Å². The van der Waals surface area contributed by atoms with Crippen LogP contribution in [-0.4, -0.2) is 68.5 Å². The number of nitrogens with zero attached hydrogens (tertiary/aromatic N) is 2. The molecule has 1 saturated heterocycles. The molecule has 7 nitrogen and oxygen atoms in total. The first-order chi connectivity index (χ1) is 15.1. The fourth-order valence-electron chi connectivity index (χ4n) is 3.67. The van der Waals surface area contributed by atoms with Crippen LogP contribution in [0.25, 0.3) is 0 Å². The number of rotatable bonds is 9. The number of aliphatic hydroxyl groups excluding tert-OH is 1. The van der Waals surface area contributed by atoms with Crippen LogP contribution in [0.15, 0.2) is 46.8 Å². The molecule has 0 aliphatic carbocycles. The Morgan fingerprint density at radius 1 is 1.35 bits per heavy atom. The zero-order valence-electron chi connectivity index (χ0n) is 18.6. The van der Waals surface area contributed by atoms with E-state index in [2.05, 4.69) is 40.0 Å². The minimum atomic E-state index is -0.660. The van der Waals surface area contributed by atoms with Crippen LogP contribution in [0.5, 0.6) is 5.75 Å². The standard InChI is InChI=1S/C23H34N4O3S/c1-4-24-23(26-15-21(28)18-7-5-8-19(13-18)29-3)25-14-20(22-9-6-12-31-22)27-10-11-30-17(2)16-27/h5-9,12-13,17,20-21,28H,4,10-11,14-16H2,1-3H3,(H2,24,25,26). The van der Waals surface area contributed by atoms with Gasteiger partial charge in [-0.2, -0.15) is 0 Å². The van der Waals surface area contributed by atoms with E-state index in [1.165, 1.54) is 4.88 Å². The first-order valence-electron chi connectivity index (χ1n) is 10.8. The Morgan fingerprint density at radius 3 is 2.94 bits per heavy atom. The lowest BCUT2D eigenvalue weighted by atomic mass is 10.1. The molecule has 31 heavy (non-hydrogen) atoms. The van der Waals surface area contributed by atoms with Crippen molar-refractivity contribution in [2.45, 2.75) is 32.1 Å². The monoisotopic (exact) mass is 446 g/mol. The third-order valence-electron chi connectivity index (χ3n) is 5.29. The van der Waals surface area contributed by atoms with Gasteiger partial charge < -0.3 is 25.2 Å². The van der Waals surface area contributed by atoms with E-state index in [9.17, 15) is 5.11 Å². The molecule has 0 bridgehead atoms. The third kappa shape index (κ3) is 6.93. The van der Waals surface area contributed by atoms with Crippen LogP contribution in [0.2, 0.25) is 0 Å². The summed E-state index contributed by atoms with van der Waals surface area (Å²) in [6, 6.07) is 12.0. The highest BCUT2D eigenvalue weighted by Gasteiger charge is 2.26. The molecule has 0 saturated carbocycles. The highest BCUT2D eigenvalue weighted by molar-refractivity contribution is 7.10. The predicted molar refractivity (Wildman–Crippen MR) is 126 cm³/mol. The van der Waals surface area contributed by atoms with Gasteiger partial charge in [-0.1, -0.05) is 18.2 Å². The molecule has 0 radical (unpaired) electrons. The molecule has 0 spiro atoms. The van der Waals surface area contributed by atoms with Gasteiger partial charge in [-0.05, 0) is 43.0 Å².